The van der Waals surface area contributed by atoms with Gasteiger partial charge in [0.25, 0.3) is 0 Å². The first-order chi connectivity index (χ1) is 3.18. The predicted molar refractivity (Wildman–Crippen MR) is 28.0 cm³/mol. The molecule has 8 heavy (non-hydrogen) atoms. The van der Waals surface area contributed by atoms with E-state index in [2.05, 4.69) is 0 Å². The number of hydrogen-bond acceptors (Lipinski definition) is 2. The largest absolute Gasteiger partial charge is 1.00 e. The molecule has 0 saturated carbocycles. The van der Waals surface area contributed by atoms with Crippen LogP contribution in [-0.4, -0.2) is 31.6 Å². The van der Waals surface area contributed by atoms with Gasteiger partial charge in [-0.2, -0.15) is 0 Å². The second-order valence-electron chi connectivity index (χ2n) is 1.98. The molecule has 0 saturated heterocycles. The zero-order valence-electron chi connectivity index (χ0n) is 6.14. The molecular formula is C5H12LiNO. The van der Waals surface area contributed by atoms with Gasteiger partial charge >= 0.3 is 18.9 Å². The first-order valence-electron chi connectivity index (χ1n) is 2.43. The minimum absolute atomic E-state index is 0. The average molecular weight is 109 g/mol. The van der Waals surface area contributed by atoms with E-state index in [1.165, 1.54) is 0 Å². The summed E-state index contributed by atoms with van der Waals surface area (Å²) in [6.45, 7) is 1.90. The van der Waals surface area contributed by atoms with Crippen LogP contribution < -0.4 is 24.0 Å². The molecule has 0 amide bonds. The van der Waals surface area contributed by atoms with Gasteiger partial charge in [-0.15, -0.1) is 6.61 Å². The zero-order valence-corrected chi connectivity index (χ0v) is 6.14. The third kappa shape index (κ3) is 4.67. The number of rotatable bonds is 2. The van der Waals surface area contributed by atoms with Gasteiger partial charge in [-0.05, 0) is 20.1 Å². The molecule has 0 aliphatic carbocycles. The molecule has 2 nitrogen and oxygen atoms in total. The molecule has 0 fully saturated rings. The van der Waals surface area contributed by atoms with Gasteiger partial charge in [-0.25, -0.2) is 0 Å². The van der Waals surface area contributed by atoms with Crippen LogP contribution in [0.3, 0.4) is 0 Å². The van der Waals surface area contributed by atoms with Crippen LogP contribution in [0.15, 0.2) is 0 Å². The van der Waals surface area contributed by atoms with Gasteiger partial charge in [-0.1, -0.05) is 6.92 Å². The van der Waals surface area contributed by atoms with Gasteiger partial charge in [0.1, 0.15) is 0 Å². The maximum atomic E-state index is 10.0. The van der Waals surface area contributed by atoms with Gasteiger partial charge in [0.05, 0.1) is 0 Å². The van der Waals surface area contributed by atoms with E-state index in [0.717, 1.165) is 0 Å². The quantitative estimate of drug-likeness (QED) is 0.341. The fraction of sp³-hybridized carbons (Fsp3) is 1.00. The van der Waals surface area contributed by atoms with Gasteiger partial charge in [-0.3, -0.25) is 0 Å². The van der Waals surface area contributed by atoms with E-state index in [0.29, 0.717) is 0 Å². The summed E-state index contributed by atoms with van der Waals surface area (Å²) in [6.07, 6.45) is 0. The Morgan fingerprint density at radius 2 is 1.88 bits per heavy atom. The molecule has 0 bridgehead atoms. The van der Waals surface area contributed by atoms with Gasteiger partial charge in [0, 0.05) is 0 Å². The van der Waals surface area contributed by atoms with Gasteiger partial charge < -0.3 is 10.0 Å². The summed E-state index contributed by atoms with van der Waals surface area (Å²) in [5.41, 5.74) is 0. The Bertz CT molecular complexity index is 49.7. The van der Waals surface area contributed by atoms with E-state index in [1.807, 2.05) is 25.9 Å². The van der Waals surface area contributed by atoms with Crippen molar-refractivity contribution in [1.29, 1.82) is 0 Å². The Morgan fingerprint density at radius 1 is 1.50 bits per heavy atom. The summed E-state index contributed by atoms with van der Waals surface area (Å²) < 4.78 is 0. The number of nitrogens with zero attached hydrogens (tertiary/aromatic N) is 1. The molecule has 0 aromatic rings. The standard InChI is InChI=1S/C5H12NO.Li/c1-5(4-7)6(2)3;/h5H,4H2,1-3H3;/q-1;+1. The van der Waals surface area contributed by atoms with Crippen LogP contribution in [0.2, 0.25) is 0 Å². The monoisotopic (exact) mass is 109 g/mol. The van der Waals surface area contributed by atoms with Gasteiger partial charge in [0.2, 0.25) is 0 Å². The average Bonchev–Trinajstić information content (AvgIpc) is 1.65. The molecule has 1 unspecified atom stereocenters. The van der Waals surface area contributed by atoms with Crippen LogP contribution in [0.25, 0.3) is 0 Å². The molecule has 0 aromatic heterocycles. The topological polar surface area (TPSA) is 26.3 Å². The summed E-state index contributed by atoms with van der Waals surface area (Å²) in [6, 6.07) is 0.181. The summed E-state index contributed by atoms with van der Waals surface area (Å²) in [7, 11) is 3.81. The maximum absolute atomic E-state index is 10.0. The fourth-order valence-electron chi connectivity index (χ4n) is 0.149. The molecular weight excluding hydrogens is 97.0 g/mol. The van der Waals surface area contributed by atoms with Crippen LogP contribution in [-0.2, 0) is 0 Å². The van der Waals surface area contributed by atoms with Crippen molar-refractivity contribution in [2.45, 2.75) is 13.0 Å². The van der Waals surface area contributed by atoms with Crippen molar-refractivity contribution in [3.63, 3.8) is 0 Å². The number of likely N-dealkylation sites (N-methyl/N-ethyl adjacent to an activating group) is 1. The normalized spacial score (nSPS) is 13.1. The first kappa shape index (κ1) is 11.3. The molecule has 0 aliphatic heterocycles. The van der Waals surface area contributed by atoms with E-state index < -0.39 is 0 Å². The summed E-state index contributed by atoms with van der Waals surface area (Å²) in [5, 5.41) is 10.0. The van der Waals surface area contributed by atoms with Crippen LogP contribution in [0.4, 0.5) is 0 Å². The smallest absolute Gasteiger partial charge is 0.853 e. The minimum atomic E-state index is -0.00694. The summed E-state index contributed by atoms with van der Waals surface area (Å²) >= 11 is 0. The fourth-order valence-corrected chi connectivity index (χ4v) is 0.149. The molecule has 0 heterocycles. The van der Waals surface area contributed by atoms with E-state index in [9.17, 15) is 5.11 Å². The van der Waals surface area contributed by atoms with Gasteiger partial charge in [0.15, 0.2) is 0 Å². The molecule has 0 aliphatic rings. The van der Waals surface area contributed by atoms with E-state index in [1.54, 1.807) is 0 Å². The minimum Gasteiger partial charge on any atom is -0.853 e. The Kier molecular flexibility index (Phi) is 8.00. The number of hydrogen-bond donors (Lipinski definition) is 0. The SMILES string of the molecule is CC(C[O-])N(C)C.[Li+]. The molecule has 0 radical (unpaired) electrons. The van der Waals surface area contributed by atoms with Crippen LogP contribution in [0.1, 0.15) is 6.92 Å². The Balaban J connectivity index is 0. The Morgan fingerprint density at radius 3 is 1.88 bits per heavy atom. The molecule has 0 N–H and O–H groups in total. The molecule has 0 aromatic carbocycles. The van der Waals surface area contributed by atoms with Crippen LogP contribution >= 0.6 is 0 Å². The molecule has 1 atom stereocenters. The van der Waals surface area contributed by atoms with Crippen molar-refractivity contribution < 1.29 is 24.0 Å². The van der Waals surface area contributed by atoms with E-state index in [-0.39, 0.29) is 31.5 Å². The van der Waals surface area contributed by atoms with Crippen molar-refractivity contribution in [1.82, 2.24) is 4.90 Å². The molecule has 0 rings (SSSR count). The summed E-state index contributed by atoms with van der Waals surface area (Å²) in [4.78, 5) is 1.91. The third-order valence-corrected chi connectivity index (χ3v) is 1.12. The predicted octanol–water partition coefficient (Wildman–Crippen LogP) is -3.70. The van der Waals surface area contributed by atoms with Crippen LogP contribution in [0.5, 0.6) is 0 Å². The maximum Gasteiger partial charge on any atom is 1.00 e. The second kappa shape index (κ2) is 5.65. The third-order valence-electron chi connectivity index (χ3n) is 1.12. The molecule has 0 spiro atoms. The van der Waals surface area contributed by atoms with Crippen LogP contribution in [0, 0.1) is 0 Å². The van der Waals surface area contributed by atoms with Crippen molar-refractivity contribution in [2.75, 3.05) is 20.7 Å². The Hall–Kier alpha value is 0.517. The zero-order chi connectivity index (χ0) is 5.86. The summed E-state index contributed by atoms with van der Waals surface area (Å²) in [5.74, 6) is 0. The van der Waals surface area contributed by atoms with Crippen molar-refractivity contribution in [3.05, 3.63) is 0 Å². The Labute approximate surface area is 63.1 Å². The van der Waals surface area contributed by atoms with E-state index >= 15 is 0 Å². The molecule has 44 valence electrons. The van der Waals surface area contributed by atoms with Crippen molar-refractivity contribution in [2.24, 2.45) is 0 Å². The second-order valence-corrected chi connectivity index (χ2v) is 1.98. The van der Waals surface area contributed by atoms with Crippen molar-refractivity contribution in [3.8, 4) is 0 Å². The molecule has 3 heteroatoms. The first-order valence-corrected chi connectivity index (χ1v) is 2.43. The van der Waals surface area contributed by atoms with Crippen molar-refractivity contribution >= 4 is 0 Å². The van der Waals surface area contributed by atoms with E-state index in [4.69, 9.17) is 0 Å².